The topological polar surface area (TPSA) is 106 Å². The van der Waals surface area contributed by atoms with Crippen molar-refractivity contribution in [3.8, 4) is 6.07 Å². The maximum absolute atomic E-state index is 13.5. The molecule has 202 valence electrons. The second-order valence-corrected chi connectivity index (χ2v) is 9.92. The zero-order valence-corrected chi connectivity index (χ0v) is 20.8. The average Bonchev–Trinajstić information content (AvgIpc) is 3.62. The fourth-order valence-electron chi connectivity index (χ4n) is 6.07. The van der Waals surface area contributed by atoms with Crippen LogP contribution in [0.4, 0.5) is 24.5 Å². The maximum Gasteiger partial charge on any atom is 0.423 e. The number of anilines is 2. The molecule has 0 spiro atoms. The van der Waals surface area contributed by atoms with Gasteiger partial charge in [0.1, 0.15) is 5.56 Å². The quantitative estimate of drug-likeness (QED) is 0.549. The number of nitrogens with zero attached hydrogens (tertiary/aromatic N) is 5. The van der Waals surface area contributed by atoms with Crippen LogP contribution in [-0.2, 0) is 15.7 Å². The lowest BCUT2D eigenvalue weighted by atomic mass is 10.1. The SMILES string of the molecule is N#Cc1ccc(N2CCC3C2CCN3C(=O)CCOC[C@@H]2CCCN2c2cn[nH]c(=O)c2C(F)(F)F)cc1. The third-order valence-corrected chi connectivity index (χ3v) is 7.80. The van der Waals surface area contributed by atoms with Crippen LogP contribution in [0, 0.1) is 11.3 Å². The Morgan fingerprint density at radius 1 is 1.11 bits per heavy atom. The predicted octanol–water partition coefficient (Wildman–Crippen LogP) is 2.92. The molecule has 0 saturated carbocycles. The van der Waals surface area contributed by atoms with E-state index >= 15 is 0 Å². The van der Waals surface area contributed by atoms with E-state index in [2.05, 4.69) is 16.1 Å². The molecule has 12 heteroatoms. The van der Waals surface area contributed by atoms with E-state index in [0.717, 1.165) is 31.3 Å². The molecule has 2 unspecified atom stereocenters. The van der Waals surface area contributed by atoms with Crippen molar-refractivity contribution in [1.82, 2.24) is 15.1 Å². The summed E-state index contributed by atoms with van der Waals surface area (Å²) in [5.41, 5.74) is -1.08. The van der Waals surface area contributed by atoms with Gasteiger partial charge in [-0.05, 0) is 49.9 Å². The molecular formula is C26H29F3N6O3. The van der Waals surface area contributed by atoms with Crippen molar-refractivity contribution in [3.63, 3.8) is 0 Å². The number of benzene rings is 1. The van der Waals surface area contributed by atoms with Crippen LogP contribution in [0.3, 0.4) is 0 Å². The standard InChI is InChI=1S/C26H29F3N6O3/c27-26(28,29)24-22(15-31-32-25(24)37)33-10-1-2-19(33)16-38-13-9-23(36)35-12-8-20-21(35)7-11-34(20)18-5-3-17(14-30)4-6-18/h3-6,15,19-21H,1-2,7-13,16H2,(H,32,37)/t19-,20?,21?/m0/s1. The Bertz CT molecular complexity index is 1260. The molecule has 1 aromatic carbocycles. The Morgan fingerprint density at radius 3 is 2.61 bits per heavy atom. The van der Waals surface area contributed by atoms with Gasteiger partial charge in [0.15, 0.2) is 0 Å². The van der Waals surface area contributed by atoms with Crippen molar-refractivity contribution in [2.24, 2.45) is 0 Å². The lowest BCUT2D eigenvalue weighted by molar-refractivity contribution is -0.138. The molecule has 5 rings (SSSR count). The van der Waals surface area contributed by atoms with E-state index in [1.54, 1.807) is 12.1 Å². The van der Waals surface area contributed by atoms with E-state index < -0.39 is 17.3 Å². The molecule has 9 nitrogen and oxygen atoms in total. The van der Waals surface area contributed by atoms with Gasteiger partial charge in [-0.3, -0.25) is 9.59 Å². The molecule has 1 amide bonds. The van der Waals surface area contributed by atoms with Crippen LogP contribution in [0.25, 0.3) is 0 Å². The number of carbonyl (C=O) groups excluding carboxylic acids is 1. The number of fused-ring (bicyclic) bond motifs is 1. The highest BCUT2D eigenvalue weighted by Crippen LogP contribution is 2.37. The average molecular weight is 531 g/mol. The van der Waals surface area contributed by atoms with Gasteiger partial charge in [-0.1, -0.05) is 0 Å². The zero-order chi connectivity index (χ0) is 26.9. The van der Waals surface area contributed by atoms with E-state index in [-0.39, 0.29) is 49.4 Å². The molecule has 3 aliphatic heterocycles. The van der Waals surface area contributed by atoms with Gasteiger partial charge in [0.25, 0.3) is 5.56 Å². The summed E-state index contributed by atoms with van der Waals surface area (Å²) in [7, 11) is 0. The van der Waals surface area contributed by atoms with E-state index in [4.69, 9.17) is 10.00 Å². The molecule has 3 saturated heterocycles. The summed E-state index contributed by atoms with van der Waals surface area (Å²) >= 11 is 0. The number of ether oxygens (including phenoxy) is 1. The zero-order valence-electron chi connectivity index (χ0n) is 20.8. The van der Waals surface area contributed by atoms with Crippen molar-refractivity contribution >= 4 is 17.3 Å². The van der Waals surface area contributed by atoms with Crippen LogP contribution in [0.15, 0.2) is 35.3 Å². The first-order chi connectivity index (χ1) is 18.3. The fourth-order valence-corrected chi connectivity index (χ4v) is 6.07. The normalized spacial score (nSPS) is 23.1. The van der Waals surface area contributed by atoms with Crippen molar-refractivity contribution in [2.45, 2.75) is 56.4 Å². The minimum Gasteiger partial charge on any atom is -0.379 e. The van der Waals surface area contributed by atoms with Crippen LogP contribution >= 0.6 is 0 Å². The second kappa shape index (κ2) is 10.6. The van der Waals surface area contributed by atoms with Crippen molar-refractivity contribution in [1.29, 1.82) is 5.26 Å². The molecule has 1 N–H and O–H groups in total. The monoisotopic (exact) mass is 530 g/mol. The van der Waals surface area contributed by atoms with Gasteiger partial charge >= 0.3 is 6.18 Å². The van der Waals surface area contributed by atoms with Gasteiger partial charge < -0.3 is 19.4 Å². The first-order valence-electron chi connectivity index (χ1n) is 12.8. The maximum atomic E-state index is 13.5. The highest BCUT2D eigenvalue weighted by atomic mass is 19.4. The molecule has 4 heterocycles. The van der Waals surface area contributed by atoms with E-state index in [0.29, 0.717) is 31.5 Å². The van der Waals surface area contributed by atoms with Gasteiger partial charge in [-0.25, -0.2) is 5.10 Å². The largest absolute Gasteiger partial charge is 0.423 e. The Labute approximate surface area is 217 Å². The van der Waals surface area contributed by atoms with Gasteiger partial charge in [0, 0.05) is 25.3 Å². The van der Waals surface area contributed by atoms with Crippen molar-refractivity contribution in [2.75, 3.05) is 42.6 Å². The Hall–Kier alpha value is -3.59. The van der Waals surface area contributed by atoms with Crippen LogP contribution < -0.4 is 15.4 Å². The minimum atomic E-state index is -4.80. The Kier molecular flexibility index (Phi) is 7.29. The van der Waals surface area contributed by atoms with Gasteiger partial charge in [0.2, 0.25) is 5.91 Å². The smallest absolute Gasteiger partial charge is 0.379 e. The minimum absolute atomic E-state index is 0.0145. The van der Waals surface area contributed by atoms with Crippen LogP contribution in [0.1, 0.15) is 43.2 Å². The van der Waals surface area contributed by atoms with Crippen LogP contribution in [0.2, 0.25) is 0 Å². The van der Waals surface area contributed by atoms with E-state index in [9.17, 15) is 22.8 Å². The number of hydrogen-bond acceptors (Lipinski definition) is 7. The number of nitriles is 1. The summed E-state index contributed by atoms with van der Waals surface area (Å²) in [5, 5.41) is 14.5. The number of nitrogens with one attached hydrogen (secondary N) is 1. The molecule has 1 aromatic heterocycles. The number of halogens is 3. The molecule has 0 bridgehead atoms. The van der Waals surface area contributed by atoms with E-state index in [1.165, 1.54) is 4.90 Å². The lowest BCUT2D eigenvalue weighted by Crippen LogP contribution is -2.40. The second-order valence-electron chi connectivity index (χ2n) is 9.92. The highest BCUT2D eigenvalue weighted by molar-refractivity contribution is 5.77. The van der Waals surface area contributed by atoms with Crippen molar-refractivity contribution < 1.29 is 22.7 Å². The number of alkyl halides is 3. The van der Waals surface area contributed by atoms with Gasteiger partial charge in [-0.2, -0.15) is 23.5 Å². The number of aromatic nitrogens is 2. The van der Waals surface area contributed by atoms with Crippen LogP contribution in [0.5, 0.6) is 0 Å². The van der Waals surface area contributed by atoms with Crippen molar-refractivity contribution in [3.05, 3.63) is 51.9 Å². The lowest BCUT2D eigenvalue weighted by Gasteiger charge is -2.28. The summed E-state index contributed by atoms with van der Waals surface area (Å²) in [6, 6.07) is 9.68. The molecular weight excluding hydrogens is 501 g/mol. The molecule has 38 heavy (non-hydrogen) atoms. The Balaban J connectivity index is 1.13. The fraction of sp³-hybridized carbons (Fsp3) is 0.538. The third kappa shape index (κ3) is 5.07. The first kappa shape index (κ1) is 26.0. The molecule has 3 fully saturated rings. The molecule has 3 aliphatic rings. The number of hydrogen-bond donors (Lipinski definition) is 1. The number of amides is 1. The summed E-state index contributed by atoms with van der Waals surface area (Å²) in [4.78, 5) is 30.6. The third-order valence-electron chi connectivity index (χ3n) is 7.80. The van der Waals surface area contributed by atoms with Crippen LogP contribution in [-0.4, -0.2) is 72.0 Å². The summed E-state index contributed by atoms with van der Waals surface area (Å²) in [6.07, 6.45) is -0.509. The summed E-state index contributed by atoms with van der Waals surface area (Å²) in [6.45, 7) is 2.23. The Morgan fingerprint density at radius 2 is 1.87 bits per heavy atom. The first-order valence-corrected chi connectivity index (χ1v) is 12.8. The number of carbonyl (C=O) groups is 1. The number of aromatic amines is 1. The molecule has 2 aromatic rings. The van der Waals surface area contributed by atoms with Gasteiger partial charge in [-0.15, -0.1) is 0 Å². The summed E-state index contributed by atoms with van der Waals surface area (Å²) < 4.78 is 46.3. The number of likely N-dealkylation sites (tertiary alicyclic amines) is 1. The molecule has 3 atom stereocenters. The van der Waals surface area contributed by atoms with Gasteiger partial charge in [0.05, 0.1) is 61.3 Å². The summed E-state index contributed by atoms with van der Waals surface area (Å²) in [5.74, 6) is 0.0145. The number of H-pyrrole nitrogens is 1. The molecule has 0 aliphatic carbocycles. The molecule has 0 radical (unpaired) electrons. The van der Waals surface area contributed by atoms with E-state index in [1.807, 2.05) is 22.1 Å². The predicted molar refractivity (Wildman–Crippen MR) is 133 cm³/mol. The highest BCUT2D eigenvalue weighted by Gasteiger charge is 2.44. The number of rotatable bonds is 7.